The summed E-state index contributed by atoms with van der Waals surface area (Å²) in [6, 6.07) is 8.80. The second-order valence-electron chi connectivity index (χ2n) is 5.87. The van der Waals surface area contributed by atoms with Gasteiger partial charge in [0, 0.05) is 5.02 Å². The van der Waals surface area contributed by atoms with Crippen molar-refractivity contribution >= 4 is 39.7 Å². The summed E-state index contributed by atoms with van der Waals surface area (Å²) in [7, 11) is 1.56. The first-order valence-electron chi connectivity index (χ1n) is 8.61. The number of amides is 1. The third-order valence-electron chi connectivity index (χ3n) is 3.74. The fraction of sp³-hybridized carbons (Fsp3) is 0.300. The van der Waals surface area contributed by atoms with Crippen molar-refractivity contribution in [2.75, 3.05) is 13.7 Å². The number of carbonyl (C=O) groups excluding carboxylic acids is 1. The van der Waals surface area contributed by atoms with Crippen molar-refractivity contribution in [1.82, 2.24) is 5.43 Å². The molecular formula is C20H22BrClN2O4. The number of hydrogen-bond acceptors (Lipinski definition) is 5. The number of aryl methyl sites for hydroxylation is 1. The lowest BCUT2D eigenvalue weighted by atomic mass is 10.2. The molecule has 0 aliphatic heterocycles. The van der Waals surface area contributed by atoms with Gasteiger partial charge < -0.3 is 14.2 Å². The summed E-state index contributed by atoms with van der Waals surface area (Å²) in [6.45, 7) is 5.92. The van der Waals surface area contributed by atoms with Gasteiger partial charge in [0.05, 0.1) is 24.4 Å². The van der Waals surface area contributed by atoms with Gasteiger partial charge in [0.15, 0.2) is 17.6 Å². The molecule has 28 heavy (non-hydrogen) atoms. The third kappa shape index (κ3) is 5.87. The van der Waals surface area contributed by atoms with Crippen molar-refractivity contribution < 1.29 is 19.0 Å². The molecule has 0 heterocycles. The molecule has 0 saturated carbocycles. The molecule has 2 aromatic carbocycles. The highest BCUT2D eigenvalue weighted by molar-refractivity contribution is 9.10. The van der Waals surface area contributed by atoms with Crippen LogP contribution in [0.5, 0.6) is 17.2 Å². The predicted octanol–water partition coefficient (Wildman–Crippen LogP) is 4.74. The molecular weight excluding hydrogens is 448 g/mol. The Morgan fingerprint density at radius 1 is 1.32 bits per heavy atom. The van der Waals surface area contributed by atoms with Crippen molar-refractivity contribution in [2.45, 2.75) is 26.9 Å². The van der Waals surface area contributed by atoms with Crippen LogP contribution in [0.15, 0.2) is 39.9 Å². The van der Waals surface area contributed by atoms with Crippen LogP contribution >= 0.6 is 27.5 Å². The number of methoxy groups -OCH3 is 1. The van der Waals surface area contributed by atoms with Crippen molar-refractivity contribution in [2.24, 2.45) is 5.10 Å². The smallest absolute Gasteiger partial charge is 0.280 e. The highest BCUT2D eigenvalue weighted by atomic mass is 79.9. The first-order valence-corrected chi connectivity index (χ1v) is 9.78. The summed E-state index contributed by atoms with van der Waals surface area (Å²) in [4.78, 5) is 12.2. The van der Waals surface area contributed by atoms with E-state index >= 15 is 0 Å². The quantitative estimate of drug-likeness (QED) is 0.448. The standard InChI is InChI=1S/C20H22BrClN2O4/c1-5-27-19-16(21)9-14(10-18(19)26-4)11-23-24-20(25)13(3)28-17-7-6-15(22)8-12(17)2/h6-11,13H,5H2,1-4H3,(H,24,25)/b23-11-/t13-/m0/s1. The molecule has 0 aromatic heterocycles. The van der Waals surface area contributed by atoms with E-state index in [4.69, 9.17) is 25.8 Å². The summed E-state index contributed by atoms with van der Waals surface area (Å²) in [5.41, 5.74) is 4.05. The molecule has 6 nitrogen and oxygen atoms in total. The van der Waals surface area contributed by atoms with Gasteiger partial charge in [-0.25, -0.2) is 5.43 Å². The Bertz CT molecular complexity index is 874. The minimum absolute atomic E-state index is 0.373. The monoisotopic (exact) mass is 468 g/mol. The number of hydrazone groups is 1. The summed E-state index contributed by atoms with van der Waals surface area (Å²) in [5.74, 6) is 1.41. The van der Waals surface area contributed by atoms with E-state index in [1.807, 2.05) is 19.9 Å². The Labute approximate surface area is 177 Å². The zero-order valence-corrected chi connectivity index (χ0v) is 18.4. The normalized spacial score (nSPS) is 11.9. The van der Waals surface area contributed by atoms with E-state index in [-0.39, 0.29) is 5.91 Å². The number of halogens is 2. The second-order valence-corrected chi connectivity index (χ2v) is 7.16. The molecule has 0 bridgehead atoms. The van der Waals surface area contributed by atoms with Crippen molar-refractivity contribution in [3.8, 4) is 17.2 Å². The Morgan fingerprint density at radius 3 is 2.71 bits per heavy atom. The SMILES string of the molecule is CCOc1c(Br)cc(/C=N\NC(=O)[C@H](C)Oc2ccc(Cl)cc2C)cc1OC. The van der Waals surface area contributed by atoms with Crippen LogP contribution in [0, 0.1) is 6.92 Å². The maximum atomic E-state index is 12.2. The molecule has 0 unspecified atom stereocenters. The summed E-state index contributed by atoms with van der Waals surface area (Å²) >= 11 is 9.38. The number of nitrogens with one attached hydrogen (secondary N) is 1. The van der Waals surface area contributed by atoms with Crippen LogP contribution in [-0.2, 0) is 4.79 Å². The second kappa shape index (κ2) is 10.3. The molecule has 1 atom stereocenters. The Kier molecular flexibility index (Phi) is 8.14. The van der Waals surface area contributed by atoms with Gasteiger partial charge in [-0.1, -0.05) is 11.6 Å². The minimum atomic E-state index is -0.723. The molecule has 0 radical (unpaired) electrons. The van der Waals surface area contributed by atoms with Gasteiger partial charge in [0.2, 0.25) is 0 Å². The first-order chi connectivity index (χ1) is 13.3. The van der Waals surface area contributed by atoms with Gasteiger partial charge in [-0.2, -0.15) is 5.10 Å². The maximum absolute atomic E-state index is 12.2. The van der Waals surface area contributed by atoms with E-state index < -0.39 is 6.10 Å². The Hall–Kier alpha value is -2.25. The topological polar surface area (TPSA) is 69.2 Å². The molecule has 0 saturated heterocycles. The van der Waals surface area contributed by atoms with Crippen LogP contribution < -0.4 is 19.6 Å². The van der Waals surface area contributed by atoms with E-state index in [9.17, 15) is 4.79 Å². The van der Waals surface area contributed by atoms with Crippen molar-refractivity contribution in [3.63, 3.8) is 0 Å². The van der Waals surface area contributed by atoms with Crippen molar-refractivity contribution in [3.05, 3.63) is 51.0 Å². The zero-order chi connectivity index (χ0) is 20.7. The van der Waals surface area contributed by atoms with E-state index in [1.54, 1.807) is 38.3 Å². The molecule has 2 rings (SSSR count). The van der Waals surface area contributed by atoms with Crippen LogP contribution in [0.4, 0.5) is 0 Å². The Morgan fingerprint density at radius 2 is 2.07 bits per heavy atom. The zero-order valence-electron chi connectivity index (χ0n) is 16.1. The molecule has 0 aliphatic rings. The van der Waals surface area contributed by atoms with Gasteiger partial charge in [0.25, 0.3) is 5.91 Å². The molecule has 1 amide bonds. The number of rotatable bonds is 8. The minimum Gasteiger partial charge on any atom is -0.493 e. The molecule has 8 heteroatoms. The maximum Gasteiger partial charge on any atom is 0.280 e. The summed E-state index contributed by atoms with van der Waals surface area (Å²) in [6.07, 6.45) is 0.792. The highest BCUT2D eigenvalue weighted by Gasteiger charge is 2.15. The largest absolute Gasteiger partial charge is 0.493 e. The molecule has 1 N–H and O–H groups in total. The lowest BCUT2D eigenvalue weighted by molar-refractivity contribution is -0.127. The first kappa shape index (κ1) is 22.0. The summed E-state index contributed by atoms with van der Waals surface area (Å²) < 4.78 is 17.3. The molecule has 2 aromatic rings. The van der Waals surface area contributed by atoms with Crippen LogP contribution in [-0.4, -0.2) is 31.9 Å². The lowest BCUT2D eigenvalue weighted by Crippen LogP contribution is -2.33. The van der Waals surface area contributed by atoms with E-state index in [2.05, 4.69) is 26.5 Å². The van der Waals surface area contributed by atoms with Crippen LogP contribution in [0.25, 0.3) is 0 Å². The van der Waals surface area contributed by atoms with Gasteiger partial charge >= 0.3 is 0 Å². The van der Waals surface area contributed by atoms with E-state index in [0.29, 0.717) is 28.9 Å². The fourth-order valence-electron chi connectivity index (χ4n) is 2.35. The van der Waals surface area contributed by atoms with Crippen LogP contribution in [0.3, 0.4) is 0 Å². The number of ether oxygens (including phenoxy) is 3. The van der Waals surface area contributed by atoms with Gasteiger partial charge in [0.1, 0.15) is 5.75 Å². The predicted molar refractivity (Wildman–Crippen MR) is 114 cm³/mol. The average molecular weight is 470 g/mol. The molecule has 0 fully saturated rings. The Balaban J connectivity index is 2.01. The summed E-state index contributed by atoms with van der Waals surface area (Å²) in [5, 5.41) is 4.60. The van der Waals surface area contributed by atoms with Crippen LogP contribution in [0.2, 0.25) is 5.02 Å². The number of hydrogen-bond donors (Lipinski definition) is 1. The number of benzene rings is 2. The number of nitrogens with zero attached hydrogens (tertiary/aromatic N) is 1. The van der Waals surface area contributed by atoms with Crippen molar-refractivity contribution in [1.29, 1.82) is 0 Å². The highest BCUT2D eigenvalue weighted by Crippen LogP contribution is 2.36. The van der Waals surface area contributed by atoms with Gasteiger partial charge in [-0.3, -0.25) is 4.79 Å². The lowest BCUT2D eigenvalue weighted by Gasteiger charge is -2.15. The van der Waals surface area contributed by atoms with Crippen LogP contribution in [0.1, 0.15) is 25.0 Å². The molecule has 150 valence electrons. The molecule has 0 aliphatic carbocycles. The average Bonchev–Trinajstić information content (AvgIpc) is 2.65. The van der Waals surface area contributed by atoms with E-state index in [1.165, 1.54) is 6.21 Å². The van der Waals surface area contributed by atoms with Gasteiger partial charge in [-0.05, 0) is 78.2 Å². The fourth-order valence-corrected chi connectivity index (χ4v) is 3.15. The third-order valence-corrected chi connectivity index (χ3v) is 4.56. The van der Waals surface area contributed by atoms with E-state index in [0.717, 1.165) is 15.6 Å². The molecule has 0 spiro atoms. The van der Waals surface area contributed by atoms with Gasteiger partial charge in [-0.15, -0.1) is 0 Å². The number of carbonyl (C=O) groups is 1.